The highest BCUT2D eigenvalue weighted by Gasteiger charge is 2.34. The average molecular weight is 420 g/mol. The molecule has 0 saturated heterocycles. The molecule has 6 N–H and O–H groups in total. The molecule has 0 heterocycles. The molecule has 0 bridgehead atoms. The summed E-state index contributed by atoms with van der Waals surface area (Å²) in [6.07, 6.45) is 0. The summed E-state index contributed by atoms with van der Waals surface area (Å²) in [6.45, 7) is 0. The summed E-state index contributed by atoms with van der Waals surface area (Å²) >= 11 is 0. The Labute approximate surface area is 184 Å². The number of nitrogen functional groups attached to an aromatic ring is 2. The number of nitrogens with two attached hydrogens (primary N) is 2. The molecule has 0 aromatic heterocycles. The number of ketones is 2. The van der Waals surface area contributed by atoms with E-state index in [9.17, 15) is 9.59 Å². The zero-order valence-corrected chi connectivity index (χ0v) is 17.1. The lowest BCUT2D eigenvalue weighted by atomic mass is 9.82. The Hall–Kier alpha value is -4.58. The first-order chi connectivity index (χ1) is 15.5. The van der Waals surface area contributed by atoms with Gasteiger partial charge in [-0.25, -0.2) is 0 Å². The third-order valence-electron chi connectivity index (χ3n) is 5.41. The number of carbonyl (C=O) groups excluding carboxylic acids is 2. The number of anilines is 6. The summed E-state index contributed by atoms with van der Waals surface area (Å²) in [5.74, 6) is -0.421. The number of hydrogen-bond acceptors (Lipinski definition) is 6. The van der Waals surface area contributed by atoms with Crippen LogP contribution < -0.4 is 22.1 Å². The van der Waals surface area contributed by atoms with Crippen molar-refractivity contribution in [3.05, 3.63) is 107 Å². The summed E-state index contributed by atoms with van der Waals surface area (Å²) in [5, 5.41) is 6.51. The molecule has 4 aromatic rings. The molecule has 0 fully saturated rings. The Morgan fingerprint density at radius 1 is 0.531 bits per heavy atom. The van der Waals surface area contributed by atoms with Gasteiger partial charge in [0, 0.05) is 33.9 Å². The van der Waals surface area contributed by atoms with Gasteiger partial charge in [-0.3, -0.25) is 9.59 Å². The predicted molar refractivity (Wildman–Crippen MR) is 128 cm³/mol. The van der Waals surface area contributed by atoms with E-state index in [0.717, 1.165) is 11.4 Å². The lowest BCUT2D eigenvalue weighted by Crippen LogP contribution is -2.23. The highest BCUT2D eigenvalue weighted by atomic mass is 16.1. The van der Waals surface area contributed by atoms with Crippen LogP contribution in [0.25, 0.3) is 0 Å². The molecule has 1 aliphatic rings. The van der Waals surface area contributed by atoms with Crippen LogP contribution in [0.2, 0.25) is 0 Å². The molecule has 6 nitrogen and oxygen atoms in total. The summed E-state index contributed by atoms with van der Waals surface area (Å²) < 4.78 is 0. The monoisotopic (exact) mass is 420 g/mol. The highest BCUT2D eigenvalue weighted by molar-refractivity contribution is 6.32. The van der Waals surface area contributed by atoms with E-state index in [1.807, 2.05) is 24.3 Å². The Morgan fingerprint density at radius 3 is 1.38 bits per heavy atom. The van der Waals surface area contributed by atoms with Crippen LogP contribution >= 0.6 is 0 Å². The van der Waals surface area contributed by atoms with Crippen LogP contribution in [0.1, 0.15) is 31.8 Å². The number of nitrogens with one attached hydrogen (secondary N) is 2. The van der Waals surface area contributed by atoms with Gasteiger partial charge in [-0.1, -0.05) is 36.4 Å². The van der Waals surface area contributed by atoms with E-state index in [1.165, 1.54) is 0 Å². The Bertz CT molecular complexity index is 1290. The smallest absolute Gasteiger partial charge is 0.196 e. The van der Waals surface area contributed by atoms with Gasteiger partial charge < -0.3 is 22.1 Å². The highest BCUT2D eigenvalue weighted by Crippen LogP contribution is 2.38. The minimum absolute atomic E-state index is 0.210. The molecule has 156 valence electrons. The second-order valence-electron chi connectivity index (χ2n) is 7.62. The fourth-order valence-corrected chi connectivity index (χ4v) is 3.98. The van der Waals surface area contributed by atoms with Gasteiger partial charge >= 0.3 is 0 Å². The first-order valence-corrected chi connectivity index (χ1v) is 10.1. The fourth-order valence-electron chi connectivity index (χ4n) is 3.98. The molecule has 1 aliphatic carbocycles. The molecule has 0 unspecified atom stereocenters. The minimum atomic E-state index is -0.210. The van der Waals surface area contributed by atoms with Gasteiger partial charge in [-0.05, 0) is 48.5 Å². The van der Waals surface area contributed by atoms with E-state index < -0.39 is 0 Å². The van der Waals surface area contributed by atoms with Crippen molar-refractivity contribution in [2.45, 2.75) is 0 Å². The molecular formula is C26H20N4O2. The van der Waals surface area contributed by atoms with Crippen LogP contribution in [-0.2, 0) is 0 Å². The quantitative estimate of drug-likeness (QED) is 0.301. The molecule has 0 radical (unpaired) electrons. The maximum atomic E-state index is 13.5. The number of carbonyl (C=O) groups is 2. The van der Waals surface area contributed by atoms with Crippen LogP contribution in [0.15, 0.2) is 84.9 Å². The van der Waals surface area contributed by atoms with E-state index in [2.05, 4.69) is 10.6 Å². The predicted octanol–water partition coefficient (Wildman–Crippen LogP) is 5.11. The van der Waals surface area contributed by atoms with Crippen LogP contribution in [0.3, 0.4) is 0 Å². The second kappa shape index (κ2) is 7.59. The normalized spacial score (nSPS) is 12.1. The van der Waals surface area contributed by atoms with Crippen molar-refractivity contribution in [1.29, 1.82) is 0 Å². The molecule has 6 heteroatoms. The summed E-state index contributed by atoms with van der Waals surface area (Å²) in [4.78, 5) is 27.1. The topological polar surface area (TPSA) is 110 Å². The van der Waals surface area contributed by atoms with Crippen molar-refractivity contribution in [2.24, 2.45) is 0 Å². The van der Waals surface area contributed by atoms with Gasteiger partial charge in [-0.2, -0.15) is 0 Å². The number of hydrogen-bond donors (Lipinski definition) is 4. The van der Waals surface area contributed by atoms with Gasteiger partial charge in [0.2, 0.25) is 0 Å². The second-order valence-corrected chi connectivity index (χ2v) is 7.62. The minimum Gasteiger partial charge on any atom is -0.399 e. The maximum Gasteiger partial charge on any atom is 0.196 e. The van der Waals surface area contributed by atoms with Gasteiger partial charge in [0.15, 0.2) is 11.6 Å². The Kier molecular flexibility index (Phi) is 4.60. The molecule has 5 rings (SSSR count). The number of fused-ring (bicyclic) bond motifs is 2. The van der Waals surface area contributed by atoms with Crippen LogP contribution in [0.4, 0.5) is 34.1 Å². The largest absolute Gasteiger partial charge is 0.399 e. The van der Waals surface area contributed by atoms with E-state index in [1.54, 1.807) is 60.7 Å². The van der Waals surface area contributed by atoms with Crippen molar-refractivity contribution >= 4 is 45.7 Å². The van der Waals surface area contributed by atoms with Crippen LogP contribution in [0.5, 0.6) is 0 Å². The summed E-state index contributed by atoms with van der Waals surface area (Å²) in [6, 6.07) is 24.9. The summed E-state index contributed by atoms with van der Waals surface area (Å²) in [5.41, 5.74) is 17.0. The Morgan fingerprint density at radius 2 is 0.969 bits per heavy atom. The SMILES string of the molecule is Nc1cccc(Nc2ccc(Nc3cccc(N)c3)c3c2C(=O)c2ccccc2C3=O)c1. The Balaban J connectivity index is 1.68. The van der Waals surface area contributed by atoms with E-state index >= 15 is 0 Å². The van der Waals surface area contributed by atoms with E-state index in [0.29, 0.717) is 45.0 Å². The van der Waals surface area contributed by atoms with E-state index in [4.69, 9.17) is 11.5 Å². The number of benzene rings is 4. The summed E-state index contributed by atoms with van der Waals surface area (Å²) in [7, 11) is 0. The zero-order chi connectivity index (χ0) is 22.2. The van der Waals surface area contributed by atoms with Crippen molar-refractivity contribution in [1.82, 2.24) is 0 Å². The molecule has 0 amide bonds. The lowest BCUT2D eigenvalue weighted by molar-refractivity contribution is 0.0980. The molecule has 0 saturated carbocycles. The molecule has 32 heavy (non-hydrogen) atoms. The lowest BCUT2D eigenvalue weighted by Gasteiger charge is -2.24. The van der Waals surface area contributed by atoms with Crippen molar-refractivity contribution in [3.8, 4) is 0 Å². The molecular weight excluding hydrogens is 400 g/mol. The first kappa shape index (κ1) is 19.4. The van der Waals surface area contributed by atoms with Gasteiger partial charge in [0.1, 0.15) is 0 Å². The third-order valence-corrected chi connectivity index (χ3v) is 5.41. The third kappa shape index (κ3) is 3.33. The first-order valence-electron chi connectivity index (χ1n) is 10.1. The molecule has 0 spiro atoms. The molecule has 0 atom stereocenters. The van der Waals surface area contributed by atoms with Gasteiger partial charge in [0.25, 0.3) is 0 Å². The van der Waals surface area contributed by atoms with Crippen LogP contribution in [0, 0.1) is 0 Å². The van der Waals surface area contributed by atoms with Crippen molar-refractivity contribution in [2.75, 3.05) is 22.1 Å². The van der Waals surface area contributed by atoms with E-state index in [-0.39, 0.29) is 11.6 Å². The standard InChI is InChI=1S/C26H20N4O2/c27-15-5-3-7-17(13-15)29-21-11-12-22(30-18-8-4-6-16(28)14-18)24-23(21)25(31)19-9-1-2-10-20(19)26(24)32/h1-14,29-30H,27-28H2. The number of rotatable bonds is 4. The fraction of sp³-hybridized carbons (Fsp3) is 0. The van der Waals surface area contributed by atoms with Crippen molar-refractivity contribution < 1.29 is 9.59 Å². The maximum absolute atomic E-state index is 13.5. The van der Waals surface area contributed by atoms with Gasteiger partial charge in [-0.15, -0.1) is 0 Å². The van der Waals surface area contributed by atoms with Gasteiger partial charge in [0.05, 0.1) is 22.5 Å². The molecule has 0 aliphatic heterocycles. The zero-order valence-electron chi connectivity index (χ0n) is 17.1. The van der Waals surface area contributed by atoms with Crippen LogP contribution in [-0.4, -0.2) is 11.6 Å². The average Bonchev–Trinajstić information content (AvgIpc) is 2.78. The molecule has 4 aromatic carbocycles. The van der Waals surface area contributed by atoms with Crippen molar-refractivity contribution in [3.63, 3.8) is 0 Å².